The molecule has 7 nitrogen and oxygen atoms in total. The van der Waals surface area contributed by atoms with E-state index in [0.29, 0.717) is 12.3 Å². The predicted octanol–water partition coefficient (Wildman–Crippen LogP) is 5.13. The van der Waals surface area contributed by atoms with E-state index >= 15 is 0 Å². The van der Waals surface area contributed by atoms with Crippen molar-refractivity contribution in [3.05, 3.63) is 58.2 Å². The number of halogens is 1. The number of ether oxygens (including phenoxy) is 1. The summed E-state index contributed by atoms with van der Waals surface area (Å²) in [5, 5.41) is 23.2. The summed E-state index contributed by atoms with van der Waals surface area (Å²) >= 11 is 0. The first-order valence-electron chi connectivity index (χ1n) is 11.8. The average molecular weight is 501 g/mol. The van der Waals surface area contributed by atoms with Gasteiger partial charge in [0.25, 0.3) is 0 Å². The van der Waals surface area contributed by atoms with Gasteiger partial charge in [-0.05, 0) is 100 Å². The summed E-state index contributed by atoms with van der Waals surface area (Å²) in [4.78, 5) is 12.1. The van der Waals surface area contributed by atoms with Gasteiger partial charge in [0.2, 0.25) is 5.91 Å². The number of fused-ring (bicyclic) bond motifs is 1. The maximum Gasteiger partial charge on any atom is 0.243 e. The van der Waals surface area contributed by atoms with Crippen molar-refractivity contribution in [2.45, 2.75) is 65.4 Å². The second kappa shape index (κ2) is 12.0. The van der Waals surface area contributed by atoms with E-state index in [2.05, 4.69) is 17.6 Å². The van der Waals surface area contributed by atoms with Gasteiger partial charge in [0.15, 0.2) is 5.96 Å². The van der Waals surface area contributed by atoms with Gasteiger partial charge in [-0.15, -0.1) is 12.4 Å². The number of carbonyl (C=O) groups is 1. The molecule has 8 heteroatoms. The molecule has 0 fully saturated rings. The lowest BCUT2D eigenvalue weighted by Gasteiger charge is -2.38. The van der Waals surface area contributed by atoms with Crippen LogP contribution in [0.4, 0.5) is 5.69 Å². The van der Waals surface area contributed by atoms with Crippen molar-refractivity contribution in [1.82, 2.24) is 5.32 Å². The Morgan fingerprint density at radius 3 is 2.51 bits per heavy atom. The molecule has 1 aliphatic heterocycles. The van der Waals surface area contributed by atoms with Crippen LogP contribution in [0.1, 0.15) is 60.4 Å². The Balaban J connectivity index is 0.00000432. The quantitative estimate of drug-likeness (QED) is 0.149. The van der Waals surface area contributed by atoms with E-state index in [1.54, 1.807) is 18.2 Å². The molecule has 0 saturated heterocycles. The van der Waals surface area contributed by atoms with Crippen LogP contribution in [0.15, 0.2) is 30.3 Å². The SMILES string of the molecule is Cc1c(C)c2c(c(C)c1O)CCC(C)(CCCCNC(=O)/C=C/c1ccc(NC(=N)N)cc1)O2.Cl. The predicted molar refractivity (Wildman–Crippen MR) is 145 cm³/mol. The topological polar surface area (TPSA) is 120 Å². The van der Waals surface area contributed by atoms with Crippen LogP contribution in [-0.2, 0) is 11.2 Å². The van der Waals surface area contributed by atoms with Gasteiger partial charge in [0, 0.05) is 23.9 Å². The fraction of sp³-hybridized carbons (Fsp3) is 0.407. The minimum atomic E-state index is -0.235. The number of guanidine groups is 1. The number of hydrogen-bond acceptors (Lipinski definition) is 4. The van der Waals surface area contributed by atoms with Crippen LogP contribution in [-0.4, -0.2) is 29.1 Å². The van der Waals surface area contributed by atoms with Crippen LogP contribution in [0.25, 0.3) is 6.08 Å². The van der Waals surface area contributed by atoms with E-state index in [4.69, 9.17) is 15.9 Å². The molecule has 0 aromatic heterocycles. The highest BCUT2D eigenvalue weighted by atomic mass is 35.5. The highest BCUT2D eigenvalue weighted by Crippen LogP contribution is 2.44. The van der Waals surface area contributed by atoms with Gasteiger partial charge in [-0.3, -0.25) is 10.2 Å². The van der Waals surface area contributed by atoms with Crippen molar-refractivity contribution in [2.24, 2.45) is 5.73 Å². The Morgan fingerprint density at radius 1 is 1.17 bits per heavy atom. The van der Waals surface area contributed by atoms with Gasteiger partial charge >= 0.3 is 0 Å². The average Bonchev–Trinajstić information content (AvgIpc) is 2.80. The molecule has 35 heavy (non-hydrogen) atoms. The third-order valence-corrected chi connectivity index (χ3v) is 6.64. The molecule has 0 spiro atoms. The number of nitrogens with one attached hydrogen (secondary N) is 3. The van der Waals surface area contributed by atoms with Crippen molar-refractivity contribution in [3.8, 4) is 11.5 Å². The number of nitrogens with two attached hydrogens (primary N) is 1. The van der Waals surface area contributed by atoms with Crippen LogP contribution >= 0.6 is 12.4 Å². The number of anilines is 1. The van der Waals surface area contributed by atoms with Crippen LogP contribution < -0.4 is 21.1 Å². The third kappa shape index (κ3) is 7.15. The number of benzene rings is 2. The van der Waals surface area contributed by atoms with E-state index in [0.717, 1.165) is 71.4 Å². The molecule has 0 saturated carbocycles. The largest absolute Gasteiger partial charge is 0.507 e. The fourth-order valence-electron chi connectivity index (χ4n) is 4.37. The number of carbonyl (C=O) groups excluding carboxylic acids is 1. The molecular weight excluding hydrogens is 464 g/mol. The summed E-state index contributed by atoms with van der Waals surface area (Å²) < 4.78 is 6.48. The zero-order valence-corrected chi connectivity index (χ0v) is 21.8. The van der Waals surface area contributed by atoms with Crippen molar-refractivity contribution in [2.75, 3.05) is 11.9 Å². The van der Waals surface area contributed by atoms with Gasteiger partial charge in [0.1, 0.15) is 17.1 Å². The molecule has 190 valence electrons. The first-order chi connectivity index (χ1) is 16.1. The second-order valence-electron chi connectivity index (χ2n) is 9.33. The standard InChI is InChI=1S/C27H36N4O3.ClH/c1-17-18(2)25-22(19(3)24(17)33)13-15-27(4,34-25)14-5-6-16-30-23(32)12-9-20-7-10-21(11-8-20)31-26(28)29;/h7-12,33H,5-6,13-16H2,1-4H3,(H,30,32)(H4,28,29,31);1H/b12-9+;. The van der Waals surface area contributed by atoms with Crippen molar-refractivity contribution >= 4 is 36.0 Å². The number of hydrogen-bond donors (Lipinski definition) is 5. The zero-order valence-electron chi connectivity index (χ0n) is 21.0. The molecule has 6 N–H and O–H groups in total. The molecule has 0 aliphatic carbocycles. The summed E-state index contributed by atoms with van der Waals surface area (Å²) in [5.74, 6) is 1.08. The molecule has 1 heterocycles. The summed E-state index contributed by atoms with van der Waals surface area (Å²) in [6.45, 7) is 8.68. The number of phenolic OH excluding ortho intramolecular Hbond substituents is 1. The zero-order chi connectivity index (χ0) is 24.9. The molecular formula is C27H37ClN4O3. The fourth-order valence-corrected chi connectivity index (χ4v) is 4.37. The summed E-state index contributed by atoms with van der Waals surface area (Å²) in [6, 6.07) is 7.31. The third-order valence-electron chi connectivity index (χ3n) is 6.64. The molecule has 1 aliphatic rings. The number of unbranched alkanes of at least 4 members (excludes halogenated alkanes) is 1. The smallest absolute Gasteiger partial charge is 0.243 e. The van der Waals surface area contributed by atoms with Crippen LogP contribution in [0, 0.1) is 26.2 Å². The van der Waals surface area contributed by atoms with Gasteiger partial charge in [-0.25, -0.2) is 0 Å². The van der Waals surface area contributed by atoms with Crippen molar-refractivity contribution in [3.63, 3.8) is 0 Å². The highest BCUT2D eigenvalue weighted by molar-refractivity contribution is 5.92. The van der Waals surface area contributed by atoms with Crippen molar-refractivity contribution < 1.29 is 14.6 Å². The van der Waals surface area contributed by atoms with Crippen LogP contribution in [0.5, 0.6) is 11.5 Å². The Morgan fingerprint density at radius 2 is 1.86 bits per heavy atom. The molecule has 2 aromatic carbocycles. The first kappa shape index (κ1) is 28.1. The van der Waals surface area contributed by atoms with Crippen molar-refractivity contribution in [1.29, 1.82) is 5.41 Å². The number of amides is 1. The lowest BCUT2D eigenvalue weighted by atomic mass is 9.85. The highest BCUT2D eigenvalue weighted by Gasteiger charge is 2.34. The van der Waals surface area contributed by atoms with E-state index in [9.17, 15) is 9.90 Å². The number of phenols is 1. The minimum absolute atomic E-state index is 0. The monoisotopic (exact) mass is 500 g/mol. The van der Waals surface area contributed by atoms with Gasteiger partial charge in [-0.1, -0.05) is 12.1 Å². The van der Waals surface area contributed by atoms with Gasteiger partial charge in [-0.2, -0.15) is 0 Å². The van der Waals surface area contributed by atoms with E-state index in [1.165, 1.54) is 6.08 Å². The minimum Gasteiger partial charge on any atom is -0.507 e. The molecule has 3 rings (SSSR count). The lowest BCUT2D eigenvalue weighted by molar-refractivity contribution is -0.116. The maximum atomic E-state index is 12.1. The summed E-state index contributed by atoms with van der Waals surface area (Å²) in [7, 11) is 0. The van der Waals surface area contributed by atoms with E-state index in [1.807, 2.05) is 32.9 Å². The summed E-state index contributed by atoms with van der Waals surface area (Å²) in [6.07, 6.45) is 7.85. The van der Waals surface area contributed by atoms with Crippen LogP contribution in [0.2, 0.25) is 0 Å². The lowest BCUT2D eigenvalue weighted by Crippen LogP contribution is -2.37. The molecule has 1 amide bonds. The van der Waals surface area contributed by atoms with Gasteiger partial charge < -0.3 is 26.2 Å². The Bertz CT molecular complexity index is 1100. The maximum absolute atomic E-state index is 12.1. The van der Waals surface area contributed by atoms with Crippen LogP contribution in [0.3, 0.4) is 0 Å². The molecule has 0 bridgehead atoms. The normalized spacial score (nSPS) is 16.7. The Hall–Kier alpha value is -3.19. The number of rotatable bonds is 8. The molecule has 1 atom stereocenters. The van der Waals surface area contributed by atoms with E-state index < -0.39 is 0 Å². The van der Waals surface area contributed by atoms with E-state index in [-0.39, 0.29) is 29.9 Å². The second-order valence-corrected chi connectivity index (χ2v) is 9.33. The molecule has 0 radical (unpaired) electrons. The van der Waals surface area contributed by atoms with Gasteiger partial charge in [0.05, 0.1) is 0 Å². The summed E-state index contributed by atoms with van der Waals surface area (Å²) in [5.41, 5.74) is 10.7. The Kier molecular flexibility index (Phi) is 9.60. The molecule has 1 unspecified atom stereocenters. The Labute approximate surface area is 214 Å². The molecule has 2 aromatic rings. The number of aromatic hydroxyl groups is 1. The first-order valence-corrected chi connectivity index (χ1v) is 11.8.